The molecule has 2 aliphatic heterocycles. The van der Waals surface area contributed by atoms with Gasteiger partial charge in [-0.3, -0.25) is 4.79 Å². The predicted octanol–water partition coefficient (Wildman–Crippen LogP) is 2.74. The van der Waals surface area contributed by atoms with Gasteiger partial charge >= 0.3 is 6.09 Å². The van der Waals surface area contributed by atoms with Crippen LogP contribution in [0.2, 0.25) is 0 Å². The highest BCUT2D eigenvalue weighted by molar-refractivity contribution is 7.89. The molecule has 14 heteroatoms. The molecule has 220 valence electrons. The lowest BCUT2D eigenvalue weighted by Crippen LogP contribution is -2.50. The number of carbonyl (C=O) groups is 2. The van der Waals surface area contributed by atoms with Crippen molar-refractivity contribution in [2.24, 2.45) is 0 Å². The fourth-order valence-corrected chi connectivity index (χ4v) is 7.49. The first kappa shape index (κ1) is 28.9. The van der Waals surface area contributed by atoms with Crippen molar-refractivity contribution >= 4 is 48.7 Å². The monoisotopic (exact) mass is 603 g/mol. The van der Waals surface area contributed by atoms with Crippen molar-refractivity contribution in [3.8, 4) is 11.5 Å². The van der Waals surface area contributed by atoms with Crippen LogP contribution >= 0.6 is 11.3 Å². The molecule has 3 heterocycles. The number of hydrogen-bond donors (Lipinski definition) is 0. The lowest BCUT2D eigenvalue weighted by Gasteiger charge is -2.34. The Morgan fingerprint density at radius 3 is 2.07 bits per heavy atom. The molecular weight excluding hydrogens is 570 g/mol. The molecule has 2 fully saturated rings. The van der Waals surface area contributed by atoms with Gasteiger partial charge in [0, 0.05) is 57.9 Å². The van der Waals surface area contributed by atoms with Gasteiger partial charge in [-0.2, -0.15) is 4.31 Å². The summed E-state index contributed by atoms with van der Waals surface area (Å²) in [5.74, 6) is 1.27. The maximum Gasteiger partial charge on any atom is 0.409 e. The number of ether oxygens (including phenoxy) is 3. The molecule has 5 rings (SSSR count). The molecule has 2 aromatic carbocycles. The van der Waals surface area contributed by atoms with E-state index in [-0.39, 0.29) is 43.6 Å². The van der Waals surface area contributed by atoms with E-state index in [4.69, 9.17) is 19.2 Å². The summed E-state index contributed by atoms with van der Waals surface area (Å²) < 4.78 is 44.5. The quantitative estimate of drug-likeness (QED) is 0.401. The molecule has 0 N–H and O–H groups in total. The SMILES string of the molecule is CCOC(=O)N1CCN(S(=O)(=O)c2ccc(C(=O)N3CCN(c4nc5c(OC)ccc(OC)c5s4)CC3)cc2)CC1. The number of sulfonamides is 1. The lowest BCUT2D eigenvalue weighted by molar-refractivity contribution is 0.0746. The van der Waals surface area contributed by atoms with Crippen LogP contribution in [0.4, 0.5) is 9.93 Å². The minimum absolute atomic E-state index is 0.116. The average molecular weight is 604 g/mol. The first-order valence-corrected chi connectivity index (χ1v) is 15.6. The normalized spacial score (nSPS) is 16.6. The number of fused-ring (bicyclic) bond motifs is 1. The number of benzene rings is 2. The van der Waals surface area contributed by atoms with Crippen LogP contribution in [0.5, 0.6) is 11.5 Å². The highest BCUT2D eigenvalue weighted by atomic mass is 32.2. The van der Waals surface area contributed by atoms with Gasteiger partial charge in [0.2, 0.25) is 10.0 Å². The zero-order valence-electron chi connectivity index (χ0n) is 23.2. The fourth-order valence-electron chi connectivity index (χ4n) is 4.94. The van der Waals surface area contributed by atoms with Crippen LogP contribution in [-0.2, 0) is 14.8 Å². The standard InChI is InChI=1S/C27H33N5O7S2/c1-4-39-27(34)31-15-17-32(18-16-31)41(35,36)20-7-5-19(6-8-20)25(33)29-11-13-30(14-12-29)26-28-23-21(37-2)9-10-22(38-3)24(23)40-26/h5-10H,4,11-18H2,1-3H3. The van der Waals surface area contributed by atoms with Gasteiger partial charge < -0.3 is 28.9 Å². The minimum Gasteiger partial charge on any atom is -0.495 e. The second-order valence-corrected chi connectivity index (χ2v) is 12.5. The summed E-state index contributed by atoms with van der Waals surface area (Å²) in [6.07, 6.45) is -0.436. The molecular formula is C27H33N5O7S2. The van der Waals surface area contributed by atoms with Crippen molar-refractivity contribution in [2.45, 2.75) is 11.8 Å². The Bertz CT molecular complexity index is 1470. The fraction of sp³-hybridized carbons (Fsp3) is 0.444. The number of carbonyl (C=O) groups excluding carboxylic acids is 2. The third-order valence-electron chi connectivity index (χ3n) is 7.24. The number of piperazine rings is 2. The van der Waals surface area contributed by atoms with E-state index in [2.05, 4.69) is 4.90 Å². The largest absolute Gasteiger partial charge is 0.495 e. The van der Waals surface area contributed by atoms with Crippen LogP contribution in [0, 0.1) is 0 Å². The van der Waals surface area contributed by atoms with E-state index in [1.165, 1.54) is 32.7 Å². The molecule has 1 aromatic heterocycles. The van der Waals surface area contributed by atoms with E-state index in [0.29, 0.717) is 37.5 Å². The van der Waals surface area contributed by atoms with Crippen molar-refractivity contribution in [1.29, 1.82) is 0 Å². The smallest absolute Gasteiger partial charge is 0.409 e. The summed E-state index contributed by atoms with van der Waals surface area (Å²) in [4.78, 5) is 35.4. The Kier molecular flexibility index (Phi) is 8.52. The van der Waals surface area contributed by atoms with Crippen LogP contribution in [0.1, 0.15) is 17.3 Å². The molecule has 0 spiro atoms. The van der Waals surface area contributed by atoms with Gasteiger partial charge in [-0.1, -0.05) is 11.3 Å². The minimum atomic E-state index is -3.75. The first-order valence-electron chi connectivity index (χ1n) is 13.3. The lowest BCUT2D eigenvalue weighted by atomic mass is 10.2. The third-order valence-corrected chi connectivity index (χ3v) is 10.3. The van der Waals surface area contributed by atoms with Gasteiger partial charge in [-0.25, -0.2) is 18.2 Å². The first-order chi connectivity index (χ1) is 19.8. The summed E-state index contributed by atoms with van der Waals surface area (Å²) in [6.45, 7) is 5.12. The molecule has 0 unspecified atom stereocenters. The van der Waals surface area contributed by atoms with E-state index in [1.807, 2.05) is 12.1 Å². The van der Waals surface area contributed by atoms with Gasteiger partial charge in [0.1, 0.15) is 21.7 Å². The maximum absolute atomic E-state index is 13.2. The van der Waals surface area contributed by atoms with E-state index in [0.717, 1.165) is 21.1 Å². The van der Waals surface area contributed by atoms with E-state index in [9.17, 15) is 18.0 Å². The Morgan fingerprint density at radius 1 is 0.854 bits per heavy atom. The second kappa shape index (κ2) is 12.1. The number of rotatable bonds is 7. The Balaban J connectivity index is 1.20. The van der Waals surface area contributed by atoms with Crippen LogP contribution in [0.3, 0.4) is 0 Å². The summed E-state index contributed by atoms with van der Waals surface area (Å²) in [7, 11) is -0.512. The molecule has 0 atom stereocenters. The molecule has 0 radical (unpaired) electrons. The Labute approximate surface area is 243 Å². The van der Waals surface area contributed by atoms with Crippen LogP contribution in [-0.4, -0.2) is 113 Å². The summed E-state index contributed by atoms with van der Waals surface area (Å²) in [5.41, 5.74) is 1.18. The van der Waals surface area contributed by atoms with E-state index >= 15 is 0 Å². The van der Waals surface area contributed by atoms with Gasteiger partial charge in [-0.15, -0.1) is 0 Å². The Morgan fingerprint density at radius 2 is 1.46 bits per heavy atom. The zero-order valence-corrected chi connectivity index (χ0v) is 24.9. The molecule has 12 nitrogen and oxygen atoms in total. The number of amides is 2. The molecule has 0 saturated carbocycles. The average Bonchev–Trinajstić information content (AvgIpc) is 3.46. The van der Waals surface area contributed by atoms with E-state index in [1.54, 1.807) is 38.2 Å². The number of aromatic nitrogens is 1. The summed E-state index contributed by atoms with van der Waals surface area (Å²) in [6, 6.07) is 9.76. The van der Waals surface area contributed by atoms with Gasteiger partial charge in [-0.05, 0) is 43.3 Å². The molecule has 0 aliphatic carbocycles. The predicted molar refractivity (Wildman–Crippen MR) is 155 cm³/mol. The van der Waals surface area contributed by atoms with Gasteiger partial charge in [0.15, 0.2) is 5.13 Å². The molecule has 2 saturated heterocycles. The van der Waals surface area contributed by atoms with Crippen LogP contribution < -0.4 is 14.4 Å². The van der Waals surface area contributed by atoms with Gasteiger partial charge in [0.25, 0.3) is 5.91 Å². The summed E-state index contributed by atoms with van der Waals surface area (Å²) >= 11 is 1.53. The molecule has 2 aliphatic rings. The number of thiazole rings is 1. The molecule has 0 bridgehead atoms. The number of anilines is 1. The Hall–Kier alpha value is -3.62. The van der Waals surface area contributed by atoms with Gasteiger partial charge in [0.05, 0.1) is 25.7 Å². The van der Waals surface area contributed by atoms with Crippen LogP contribution in [0.15, 0.2) is 41.3 Å². The molecule has 41 heavy (non-hydrogen) atoms. The molecule has 3 aromatic rings. The van der Waals surface area contributed by atoms with Crippen molar-refractivity contribution in [3.63, 3.8) is 0 Å². The highest BCUT2D eigenvalue weighted by Gasteiger charge is 2.31. The number of nitrogens with zero attached hydrogens (tertiary/aromatic N) is 5. The topological polar surface area (TPSA) is 122 Å². The summed E-state index contributed by atoms with van der Waals surface area (Å²) in [5, 5.41) is 0.840. The third kappa shape index (κ3) is 5.76. The van der Waals surface area contributed by atoms with Crippen molar-refractivity contribution in [3.05, 3.63) is 42.0 Å². The highest BCUT2D eigenvalue weighted by Crippen LogP contribution is 2.40. The maximum atomic E-state index is 13.2. The van der Waals surface area contributed by atoms with Crippen LogP contribution in [0.25, 0.3) is 10.2 Å². The van der Waals surface area contributed by atoms with Crippen molar-refractivity contribution in [2.75, 3.05) is 78.1 Å². The van der Waals surface area contributed by atoms with Crippen molar-refractivity contribution < 1.29 is 32.2 Å². The van der Waals surface area contributed by atoms with E-state index < -0.39 is 16.1 Å². The zero-order chi connectivity index (χ0) is 29.1. The second-order valence-electron chi connectivity index (χ2n) is 9.54. The molecule has 2 amide bonds. The number of hydrogen-bond acceptors (Lipinski definition) is 10. The van der Waals surface area contributed by atoms with Crippen molar-refractivity contribution in [1.82, 2.24) is 19.1 Å². The number of methoxy groups -OCH3 is 2.